The van der Waals surface area contributed by atoms with Crippen LogP contribution in [0.5, 0.6) is 0 Å². The minimum atomic E-state index is -0.245. The van der Waals surface area contributed by atoms with Gasteiger partial charge in [0.25, 0.3) is 5.91 Å². The summed E-state index contributed by atoms with van der Waals surface area (Å²) in [6, 6.07) is 6.85. The maximum Gasteiger partial charge on any atom is 0.253 e. The molecule has 1 amide bonds. The molecule has 3 nitrogen and oxygen atoms in total. The number of nitrogen functional groups attached to an aromatic ring is 1. The van der Waals surface area contributed by atoms with Crippen molar-refractivity contribution in [3.8, 4) is 0 Å². The fraction of sp³-hybridized carbons (Fsp3) is 0.100. The first-order valence-electron chi connectivity index (χ1n) is 4.07. The minimum Gasteiger partial charge on any atom is -0.398 e. The molecule has 0 aromatic heterocycles. The molecule has 4 heteroatoms. The van der Waals surface area contributed by atoms with Crippen LogP contribution >= 0.6 is 11.6 Å². The highest BCUT2D eigenvalue weighted by Crippen LogP contribution is 2.09. The summed E-state index contributed by atoms with van der Waals surface area (Å²) in [6.07, 6.45) is 0. The fourth-order valence-corrected chi connectivity index (χ4v) is 1.04. The van der Waals surface area contributed by atoms with E-state index in [9.17, 15) is 4.79 Å². The van der Waals surface area contributed by atoms with Gasteiger partial charge in [-0.3, -0.25) is 4.79 Å². The highest BCUT2D eigenvalue weighted by Gasteiger charge is 2.07. The molecule has 0 unspecified atom stereocenters. The van der Waals surface area contributed by atoms with Crippen LogP contribution in [0, 0.1) is 0 Å². The molecule has 0 aliphatic carbocycles. The average molecular weight is 211 g/mol. The average Bonchev–Trinajstić information content (AvgIpc) is 2.15. The Labute approximate surface area is 87.6 Å². The van der Waals surface area contributed by atoms with Gasteiger partial charge in [0.1, 0.15) is 0 Å². The number of rotatable bonds is 3. The largest absolute Gasteiger partial charge is 0.398 e. The summed E-state index contributed by atoms with van der Waals surface area (Å²) in [5.41, 5.74) is 6.51. The molecule has 0 radical (unpaired) electrons. The predicted molar refractivity (Wildman–Crippen MR) is 58.2 cm³/mol. The van der Waals surface area contributed by atoms with Crippen molar-refractivity contribution in [3.63, 3.8) is 0 Å². The van der Waals surface area contributed by atoms with Gasteiger partial charge in [0, 0.05) is 10.7 Å². The summed E-state index contributed by atoms with van der Waals surface area (Å²) < 4.78 is 0. The van der Waals surface area contributed by atoms with Crippen molar-refractivity contribution in [3.05, 3.63) is 41.4 Å². The zero-order valence-electron chi connectivity index (χ0n) is 7.59. The van der Waals surface area contributed by atoms with Gasteiger partial charge in [-0.1, -0.05) is 30.3 Å². The number of carbonyl (C=O) groups excluding carboxylic acids is 1. The number of nitrogens with two attached hydrogens (primary N) is 1. The molecule has 3 N–H and O–H groups in total. The van der Waals surface area contributed by atoms with E-state index in [1.807, 2.05) is 0 Å². The lowest BCUT2D eigenvalue weighted by Gasteiger charge is -2.05. The lowest BCUT2D eigenvalue weighted by atomic mass is 10.2. The summed E-state index contributed by atoms with van der Waals surface area (Å²) >= 11 is 5.51. The van der Waals surface area contributed by atoms with E-state index in [1.165, 1.54) is 0 Å². The maximum atomic E-state index is 11.5. The molecule has 0 bridgehead atoms. The van der Waals surface area contributed by atoms with Gasteiger partial charge < -0.3 is 11.1 Å². The Morgan fingerprint density at radius 2 is 2.14 bits per heavy atom. The maximum absolute atomic E-state index is 11.5. The molecular formula is C10H11ClN2O. The molecular weight excluding hydrogens is 200 g/mol. The van der Waals surface area contributed by atoms with Crippen LogP contribution in [0.4, 0.5) is 5.69 Å². The zero-order chi connectivity index (χ0) is 10.6. The third-order valence-electron chi connectivity index (χ3n) is 1.65. The van der Waals surface area contributed by atoms with Crippen molar-refractivity contribution < 1.29 is 4.79 Å². The van der Waals surface area contributed by atoms with E-state index < -0.39 is 0 Å². The summed E-state index contributed by atoms with van der Waals surface area (Å²) in [5.74, 6) is -0.245. The van der Waals surface area contributed by atoms with E-state index in [0.29, 0.717) is 16.3 Å². The molecule has 0 saturated heterocycles. The van der Waals surface area contributed by atoms with Crippen LogP contribution in [0.3, 0.4) is 0 Å². The molecule has 0 heterocycles. The smallest absolute Gasteiger partial charge is 0.253 e. The summed E-state index contributed by atoms with van der Waals surface area (Å²) in [5, 5.41) is 2.97. The normalized spacial score (nSPS) is 9.50. The van der Waals surface area contributed by atoms with Crippen LogP contribution in [0.2, 0.25) is 0 Å². The van der Waals surface area contributed by atoms with Crippen molar-refractivity contribution in [1.82, 2.24) is 5.32 Å². The summed E-state index contributed by atoms with van der Waals surface area (Å²) in [4.78, 5) is 11.5. The Hall–Kier alpha value is -1.48. The molecule has 1 rings (SSSR count). The van der Waals surface area contributed by atoms with Crippen LogP contribution in [-0.2, 0) is 0 Å². The van der Waals surface area contributed by atoms with Gasteiger partial charge in [-0.25, -0.2) is 0 Å². The number of carbonyl (C=O) groups is 1. The van der Waals surface area contributed by atoms with Gasteiger partial charge in [-0.15, -0.1) is 0 Å². The Morgan fingerprint density at radius 3 is 2.71 bits per heavy atom. The van der Waals surface area contributed by atoms with Crippen LogP contribution in [-0.4, -0.2) is 12.5 Å². The highest BCUT2D eigenvalue weighted by molar-refractivity contribution is 6.29. The molecule has 0 spiro atoms. The first-order valence-corrected chi connectivity index (χ1v) is 4.45. The van der Waals surface area contributed by atoms with Gasteiger partial charge in [-0.2, -0.15) is 0 Å². The first-order chi connectivity index (χ1) is 6.61. The predicted octanol–water partition coefficient (Wildman–Crippen LogP) is 1.75. The van der Waals surface area contributed by atoms with Crippen LogP contribution in [0.25, 0.3) is 0 Å². The van der Waals surface area contributed by atoms with Crippen molar-refractivity contribution in [2.24, 2.45) is 0 Å². The second kappa shape index (κ2) is 4.67. The van der Waals surface area contributed by atoms with Crippen LogP contribution in [0.15, 0.2) is 35.9 Å². The lowest BCUT2D eigenvalue weighted by Crippen LogP contribution is -2.25. The number of hydrogen-bond acceptors (Lipinski definition) is 2. The van der Waals surface area contributed by atoms with Crippen LogP contribution in [0.1, 0.15) is 10.4 Å². The Kier molecular flexibility index (Phi) is 3.54. The van der Waals surface area contributed by atoms with E-state index in [-0.39, 0.29) is 12.5 Å². The molecule has 1 aromatic carbocycles. The van der Waals surface area contributed by atoms with Crippen molar-refractivity contribution in [2.45, 2.75) is 0 Å². The van der Waals surface area contributed by atoms with Crippen molar-refractivity contribution in [1.29, 1.82) is 0 Å². The van der Waals surface area contributed by atoms with Gasteiger partial charge in [0.2, 0.25) is 0 Å². The Bertz CT molecular complexity index is 363. The second-order valence-electron chi connectivity index (χ2n) is 2.79. The van der Waals surface area contributed by atoms with Crippen molar-refractivity contribution >= 4 is 23.2 Å². The number of para-hydroxylation sites is 1. The molecule has 0 aliphatic heterocycles. The third-order valence-corrected chi connectivity index (χ3v) is 1.78. The zero-order valence-corrected chi connectivity index (χ0v) is 8.34. The number of anilines is 1. The number of amides is 1. The van der Waals surface area contributed by atoms with E-state index in [0.717, 1.165) is 0 Å². The monoisotopic (exact) mass is 210 g/mol. The number of benzene rings is 1. The van der Waals surface area contributed by atoms with E-state index >= 15 is 0 Å². The molecule has 14 heavy (non-hydrogen) atoms. The van der Waals surface area contributed by atoms with Gasteiger partial charge in [-0.05, 0) is 12.1 Å². The molecule has 0 atom stereocenters. The number of hydrogen-bond donors (Lipinski definition) is 2. The molecule has 74 valence electrons. The minimum absolute atomic E-state index is 0.245. The number of nitrogens with one attached hydrogen (secondary N) is 1. The molecule has 0 fully saturated rings. The van der Waals surface area contributed by atoms with E-state index in [1.54, 1.807) is 24.3 Å². The first kappa shape index (κ1) is 10.6. The molecule has 1 aromatic rings. The Balaban J connectivity index is 2.70. The third kappa shape index (κ3) is 2.78. The summed E-state index contributed by atoms with van der Waals surface area (Å²) in [6.45, 7) is 3.71. The van der Waals surface area contributed by atoms with Gasteiger partial charge in [0.05, 0.1) is 12.1 Å². The lowest BCUT2D eigenvalue weighted by molar-refractivity contribution is 0.0958. The molecule has 0 aliphatic rings. The summed E-state index contributed by atoms with van der Waals surface area (Å²) in [7, 11) is 0. The quantitative estimate of drug-likeness (QED) is 0.747. The highest BCUT2D eigenvalue weighted by atomic mass is 35.5. The van der Waals surface area contributed by atoms with Crippen molar-refractivity contribution in [2.75, 3.05) is 12.3 Å². The fourth-order valence-electron chi connectivity index (χ4n) is 0.975. The standard InChI is InChI=1S/C10H11ClN2O/c1-7(11)6-13-10(14)8-4-2-3-5-9(8)12/h2-5H,1,6,12H2,(H,13,14). The topological polar surface area (TPSA) is 55.1 Å². The van der Waals surface area contributed by atoms with E-state index in [4.69, 9.17) is 17.3 Å². The molecule has 0 saturated carbocycles. The number of halogens is 1. The van der Waals surface area contributed by atoms with E-state index in [2.05, 4.69) is 11.9 Å². The second-order valence-corrected chi connectivity index (χ2v) is 3.32. The Morgan fingerprint density at radius 1 is 1.50 bits per heavy atom. The van der Waals surface area contributed by atoms with Crippen LogP contribution < -0.4 is 11.1 Å². The van der Waals surface area contributed by atoms with Gasteiger partial charge in [0.15, 0.2) is 0 Å². The SMILES string of the molecule is C=C(Cl)CNC(=O)c1ccccc1N. The van der Waals surface area contributed by atoms with Gasteiger partial charge >= 0.3 is 0 Å².